The molecule has 0 radical (unpaired) electrons. The second-order valence-corrected chi connectivity index (χ2v) is 8.04. The molecule has 1 aromatic carbocycles. The maximum Gasteiger partial charge on any atom is 0.281 e. The van der Waals surface area contributed by atoms with Gasteiger partial charge in [0.15, 0.2) is 4.32 Å². The Labute approximate surface area is 148 Å². The molecule has 0 atom stereocenters. The van der Waals surface area contributed by atoms with Crippen LogP contribution in [0.3, 0.4) is 0 Å². The fourth-order valence-corrected chi connectivity index (χ4v) is 4.26. The summed E-state index contributed by atoms with van der Waals surface area (Å²) >= 11 is 6.15. The number of hydrogen-bond donors (Lipinski definition) is 1. The molecule has 24 heavy (non-hydrogen) atoms. The summed E-state index contributed by atoms with van der Waals surface area (Å²) in [6.07, 6.45) is 4.84. The number of rotatable bonds is 4. The highest BCUT2D eigenvalue weighted by molar-refractivity contribution is 8.26. The van der Waals surface area contributed by atoms with Crippen molar-refractivity contribution >= 4 is 50.3 Å². The van der Waals surface area contributed by atoms with Gasteiger partial charge in [0, 0.05) is 12.4 Å². The first-order valence-electron chi connectivity index (χ1n) is 6.73. The van der Waals surface area contributed by atoms with Crippen molar-refractivity contribution in [2.75, 3.05) is 0 Å². The fraction of sp³-hybridized carbons (Fsp3) is 0. The Kier molecular flexibility index (Phi) is 4.76. The van der Waals surface area contributed by atoms with Gasteiger partial charge in [-0.2, -0.15) is 0 Å². The number of amides is 1. The summed E-state index contributed by atoms with van der Waals surface area (Å²) in [4.78, 5) is 19.0. The van der Waals surface area contributed by atoms with Crippen molar-refractivity contribution in [3.8, 4) is 0 Å². The van der Waals surface area contributed by atoms with Crippen molar-refractivity contribution in [1.82, 2.24) is 14.8 Å². The summed E-state index contributed by atoms with van der Waals surface area (Å²) in [6, 6.07) is 11.3. The van der Waals surface area contributed by atoms with Crippen LogP contribution in [0, 0.1) is 0 Å². The van der Waals surface area contributed by atoms with Gasteiger partial charge in [-0.05, 0) is 35.9 Å². The highest BCUT2D eigenvalue weighted by Crippen LogP contribution is 2.31. The van der Waals surface area contributed by atoms with E-state index in [1.807, 2.05) is 0 Å². The Morgan fingerprint density at radius 1 is 1.12 bits per heavy atom. The lowest BCUT2D eigenvalue weighted by Crippen LogP contribution is -2.44. The molecule has 0 bridgehead atoms. The Balaban J connectivity index is 1.84. The van der Waals surface area contributed by atoms with Gasteiger partial charge in [0.05, 0.1) is 9.80 Å². The SMILES string of the molecule is O=C1C(=Cc2ccncc2)SC(=S)N1NS(=O)(=O)c1ccccc1. The van der Waals surface area contributed by atoms with E-state index in [-0.39, 0.29) is 9.22 Å². The first kappa shape index (κ1) is 16.8. The van der Waals surface area contributed by atoms with Gasteiger partial charge in [0.2, 0.25) is 0 Å². The van der Waals surface area contributed by atoms with Crippen LogP contribution in [-0.4, -0.2) is 28.6 Å². The van der Waals surface area contributed by atoms with Crippen LogP contribution in [0.5, 0.6) is 0 Å². The number of sulfonamides is 1. The number of hydrazine groups is 1. The molecule has 1 aliphatic rings. The molecule has 2 heterocycles. The number of hydrogen-bond acceptors (Lipinski definition) is 6. The van der Waals surface area contributed by atoms with Crippen LogP contribution in [0.15, 0.2) is 64.7 Å². The second-order valence-electron chi connectivity index (χ2n) is 4.71. The highest BCUT2D eigenvalue weighted by Gasteiger charge is 2.35. The lowest BCUT2D eigenvalue weighted by molar-refractivity contribution is -0.123. The van der Waals surface area contributed by atoms with Gasteiger partial charge in [-0.15, -0.1) is 4.83 Å². The summed E-state index contributed by atoms with van der Waals surface area (Å²) in [5, 5.41) is 0.870. The molecular formula is C15H11N3O3S3. The number of nitrogens with one attached hydrogen (secondary N) is 1. The first-order chi connectivity index (χ1) is 11.5. The van der Waals surface area contributed by atoms with Gasteiger partial charge in [0.25, 0.3) is 15.9 Å². The van der Waals surface area contributed by atoms with E-state index in [2.05, 4.69) is 9.82 Å². The lowest BCUT2D eigenvalue weighted by Gasteiger charge is -2.15. The molecule has 3 rings (SSSR count). The fourth-order valence-electron chi connectivity index (χ4n) is 1.93. The summed E-state index contributed by atoms with van der Waals surface area (Å²) in [6.45, 7) is 0. The zero-order valence-corrected chi connectivity index (χ0v) is 14.6. The molecule has 1 saturated heterocycles. The van der Waals surface area contributed by atoms with E-state index in [1.165, 1.54) is 12.1 Å². The maximum absolute atomic E-state index is 12.4. The molecule has 0 unspecified atom stereocenters. The van der Waals surface area contributed by atoms with E-state index < -0.39 is 15.9 Å². The minimum atomic E-state index is -3.89. The zero-order valence-electron chi connectivity index (χ0n) is 12.1. The van der Waals surface area contributed by atoms with Gasteiger partial charge in [-0.1, -0.05) is 42.2 Å². The molecule has 1 aliphatic heterocycles. The third kappa shape index (κ3) is 3.54. The number of carbonyl (C=O) groups is 1. The Hall–Kier alpha value is -2.07. The van der Waals surface area contributed by atoms with Crippen LogP contribution in [0.2, 0.25) is 0 Å². The lowest BCUT2D eigenvalue weighted by atomic mass is 10.2. The predicted molar refractivity (Wildman–Crippen MR) is 96.0 cm³/mol. The molecule has 122 valence electrons. The molecule has 2 aromatic rings. The monoisotopic (exact) mass is 377 g/mol. The quantitative estimate of drug-likeness (QED) is 0.650. The van der Waals surface area contributed by atoms with Gasteiger partial charge >= 0.3 is 0 Å². The normalized spacial score (nSPS) is 16.8. The van der Waals surface area contributed by atoms with Crippen LogP contribution in [0.1, 0.15) is 5.56 Å². The average molecular weight is 377 g/mol. The van der Waals surface area contributed by atoms with Gasteiger partial charge in [0.1, 0.15) is 0 Å². The maximum atomic E-state index is 12.4. The Bertz CT molecular complexity index is 913. The molecule has 0 saturated carbocycles. The molecule has 0 aliphatic carbocycles. The summed E-state index contributed by atoms with van der Waals surface area (Å²) < 4.78 is 24.8. The predicted octanol–water partition coefficient (Wildman–Crippen LogP) is 2.18. The van der Waals surface area contributed by atoms with E-state index in [0.717, 1.165) is 22.3 Å². The number of benzene rings is 1. The van der Waals surface area contributed by atoms with Crippen molar-refractivity contribution in [3.63, 3.8) is 0 Å². The van der Waals surface area contributed by atoms with Gasteiger partial charge in [-0.25, -0.2) is 13.4 Å². The van der Waals surface area contributed by atoms with Crippen LogP contribution in [0.25, 0.3) is 6.08 Å². The topological polar surface area (TPSA) is 79.4 Å². The van der Waals surface area contributed by atoms with E-state index in [0.29, 0.717) is 4.91 Å². The molecule has 1 N–H and O–H groups in total. The minimum Gasteiger partial charge on any atom is -0.267 e. The van der Waals surface area contributed by atoms with E-state index >= 15 is 0 Å². The zero-order chi connectivity index (χ0) is 17.2. The molecule has 1 amide bonds. The smallest absolute Gasteiger partial charge is 0.267 e. The Morgan fingerprint density at radius 2 is 1.79 bits per heavy atom. The van der Waals surface area contributed by atoms with Crippen molar-refractivity contribution in [2.24, 2.45) is 0 Å². The highest BCUT2D eigenvalue weighted by atomic mass is 32.2. The van der Waals surface area contributed by atoms with Crippen molar-refractivity contribution in [1.29, 1.82) is 0 Å². The number of aromatic nitrogens is 1. The Morgan fingerprint density at radius 3 is 2.46 bits per heavy atom. The van der Waals surface area contributed by atoms with Crippen molar-refractivity contribution in [2.45, 2.75) is 4.90 Å². The van der Waals surface area contributed by atoms with E-state index in [1.54, 1.807) is 48.8 Å². The molecular weight excluding hydrogens is 366 g/mol. The summed E-state index contributed by atoms with van der Waals surface area (Å²) in [5.41, 5.74) is 0.774. The number of thiocarbonyl (C=S) groups is 1. The average Bonchev–Trinajstić information content (AvgIpc) is 2.84. The number of pyridine rings is 1. The first-order valence-corrected chi connectivity index (χ1v) is 9.44. The van der Waals surface area contributed by atoms with Crippen LogP contribution >= 0.6 is 24.0 Å². The van der Waals surface area contributed by atoms with Gasteiger partial charge < -0.3 is 0 Å². The molecule has 6 nitrogen and oxygen atoms in total. The molecule has 0 spiro atoms. The van der Waals surface area contributed by atoms with Crippen molar-refractivity contribution in [3.05, 3.63) is 65.3 Å². The van der Waals surface area contributed by atoms with Crippen LogP contribution in [-0.2, 0) is 14.8 Å². The van der Waals surface area contributed by atoms with E-state index in [4.69, 9.17) is 12.2 Å². The van der Waals surface area contributed by atoms with Crippen LogP contribution in [0.4, 0.5) is 0 Å². The number of nitrogens with zero attached hydrogens (tertiary/aromatic N) is 2. The molecule has 1 aromatic heterocycles. The minimum absolute atomic E-state index is 0.0529. The van der Waals surface area contributed by atoms with Crippen LogP contribution < -0.4 is 4.83 Å². The van der Waals surface area contributed by atoms with Crippen molar-refractivity contribution < 1.29 is 13.2 Å². The van der Waals surface area contributed by atoms with E-state index in [9.17, 15) is 13.2 Å². The number of thioether (sulfide) groups is 1. The van der Waals surface area contributed by atoms with Gasteiger partial charge in [-0.3, -0.25) is 9.78 Å². The number of carbonyl (C=O) groups excluding carboxylic acids is 1. The largest absolute Gasteiger partial charge is 0.281 e. The summed E-state index contributed by atoms with van der Waals surface area (Å²) in [7, 11) is -3.89. The second kappa shape index (κ2) is 6.81. The molecule has 1 fully saturated rings. The third-order valence-electron chi connectivity index (χ3n) is 3.06. The third-order valence-corrected chi connectivity index (χ3v) is 5.68. The summed E-state index contributed by atoms with van der Waals surface area (Å²) in [5.74, 6) is -0.513. The molecule has 9 heteroatoms. The standard InChI is InChI=1S/C15H11N3O3S3/c19-14-13(10-11-6-8-16-9-7-11)23-15(22)18(14)17-24(20,21)12-4-2-1-3-5-12/h1-10,17H.